The summed E-state index contributed by atoms with van der Waals surface area (Å²) in [4.78, 5) is 0. The van der Waals surface area contributed by atoms with E-state index < -0.39 is 0 Å². The van der Waals surface area contributed by atoms with E-state index in [-0.39, 0.29) is 0 Å². The molecule has 1 aliphatic rings. The minimum atomic E-state index is 0.508. The first-order valence-electron chi connectivity index (χ1n) is 6.92. The van der Waals surface area contributed by atoms with Gasteiger partial charge in [-0.25, -0.2) is 0 Å². The van der Waals surface area contributed by atoms with E-state index in [0.29, 0.717) is 6.54 Å². The largest absolute Gasteiger partial charge is 0.493 e. The highest BCUT2D eigenvalue weighted by atomic mass is 16.5. The Bertz CT molecular complexity index is 375. The summed E-state index contributed by atoms with van der Waals surface area (Å²) in [6.45, 7) is 4.16. The Balaban J connectivity index is 1.98. The first-order chi connectivity index (χ1) is 8.83. The normalized spacial score (nSPS) is 15.2. The van der Waals surface area contributed by atoms with Gasteiger partial charge in [-0.3, -0.25) is 0 Å². The van der Waals surface area contributed by atoms with Gasteiger partial charge in [0, 0.05) is 18.2 Å². The van der Waals surface area contributed by atoms with Crippen LogP contribution < -0.4 is 15.2 Å². The molecular weight excluding hydrogens is 226 g/mol. The topological polar surface area (TPSA) is 44.5 Å². The van der Waals surface area contributed by atoms with Gasteiger partial charge in [0.25, 0.3) is 0 Å². The molecule has 100 valence electrons. The summed E-state index contributed by atoms with van der Waals surface area (Å²) >= 11 is 0. The van der Waals surface area contributed by atoms with Crippen LogP contribution in [0.15, 0.2) is 18.2 Å². The summed E-state index contributed by atoms with van der Waals surface area (Å²) in [7, 11) is 0. The lowest BCUT2D eigenvalue weighted by atomic mass is 9.86. The lowest BCUT2D eigenvalue weighted by Gasteiger charge is -2.25. The SMILES string of the molecule is CCCOc1ccc(CN)c(OCC2CCC2)c1. The molecule has 0 spiro atoms. The van der Waals surface area contributed by atoms with Crippen LogP contribution in [0.4, 0.5) is 0 Å². The van der Waals surface area contributed by atoms with Crippen LogP contribution in [0.2, 0.25) is 0 Å². The molecular formula is C15H23NO2. The zero-order chi connectivity index (χ0) is 12.8. The summed E-state index contributed by atoms with van der Waals surface area (Å²) in [6, 6.07) is 5.94. The molecule has 0 heterocycles. The van der Waals surface area contributed by atoms with Crippen molar-refractivity contribution in [1.29, 1.82) is 0 Å². The van der Waals surface area contributed by atoms with E-state index in [2.05, 4.69) is 6.92 Å². The predicted molar refractivity (Wildman–Crippen MR) is 73.0 cm³/mol. The van der Waals surface area contributed by atoms with Crippen molar-refractivity contribution in [3.05, 3.63) is 23.8 Å². The average molecular weight is 249 g/mol. The van der Waals surface area contributed by atoms with Crippen molar-refractivity contribution >= 4 is 0 Å². The van der Waals surface area contributed by atoms with E-state index >= 15 is 0 Å². The summed E-state index contributed by atoms with van der Waals surface area (Å²) in [6.07, 6.45) is 4.95. The molecule has 2 N–H and O–H groups in total. The maximum atomic E-state index is 5.89. The van der Waals surface area contributed by atoms with Gasteiger partial charge in [0.05, 0.1) is 13.2 Å². The molecule has 0 saturated heterocycles. The van der Waals surface area contributed by atoms with Crippen molar-refractivity contribution < 1.29 is 9.47 Å². The highest BCUT2D eigenvalue weighted by Crippen LogP contribution is 2.29. The van der Waals surface area contributed by atoms with E-state index in [1.807, 2.05) is 18.2 Å². The molecule has 0 radical (unpaired) electrons. The fourth-order valence-electron chi connectivity index (χ4n) is 2.01. The Morgan fingerprint density at radius 2 is 2.11 bits per heavy atom. The van der Waals surface area contributed by atoms with Gasteiger partial charge in [-0.2, -0.15) is 0 Å². The summed E-state index contributed by atoms with van der Waals surface area (Å²) in [5.41, 5.74) is 6.79. The average Bonchev–Trinajstić information content (AvgIpc) is 2.34. The van der Waals surface area contributed by atoms with Crippen LogP contribution >= 0.6 is 0 Å². The minimum Gasteiger partial charge on any atom is -0.493 e. The summed E-state index contributed by atoms with van der Waals surface area (Å²) in [5.74, 6) is 2.49. The number of ether oxygens (including phenoxy) is 2. The second-order valence-corrected chi connectivity index (χ2v) is 4.93. The smallest absolute Gasteiger partial charge is 0.127 e. The first-order valence-corrected chi connectivity index (χ1v) is 6.92. The molecule has 1 aromatic carbocycles. The van der Waals surface area contributed by atoms with E-state index in [9.17, 15) is 0 Å². The molecule has 0 bridgehead atoms. The minimum absolute atomic E-state index is 0.508. The molecule has 1 fully saturated rings. The van der Waals surface area contributed by atoms with Gasteiger partial charge < -0.3 is 15.2 Å². The lowest BCUT2D eigenvalue weighted by Crippen LogP contribution is -2.19. The van der Waals surface area contributed by atoms with E-state index in [1.165, 1.54) is 19.3 Å². The zero-order valence-corrected chi connectivity index (χ0v) is 11.2. The van der Waals surface area contributed by atoms with E-state index in [4.69, 9.17) is 15.2 Å². The van der Waals surface area contributed by atoms with Crippen LogP contribution in [0.25, 0.3) is 0 Å². The second-order valence-electron chi connectivity index (χ2n) is 4.93. The summed E-state index contributed by atoms with van der Waals surface area (Å²) < 4.78 is 11.5. The van der Waals surface area contributed by atoms with Gasteiger partial charge in [-0.05, 0) is 31.2 Å². The van der Waals surface area contributed by atoms with Crippen molar-refractivity contribution in [3.63, 3.8) is 0 Å². The third-order valence-electron chi connectivity index (χ3n) is 3.43. The third-order valence-corrected chi connectivity index (χ3v) is 3.43. The molecule has 1 aliphatic carbocycles. The Hall–Kier alpha value is -1.22. The Morgan fingerprint density at radius 3 is 2.72 bits per heavy atom. The zero-order valence-electron chi connectivity index (χ0n) is 11.2. The van der Waals surface area contributed by atoms with Crippen LogP contribution in [0.5, 0.6) is 11.5 Å². The Morgan fingerprint density at radius 1 is 1.28 bits per heavy atom. The monoisotopic (exact) mass is 249 g/mol. The fraction of sp³-hybridized carbons (Fsp3) is 0.600. The molecule has 2 rings (SSSR count). The summed E-state index contributed by atoms with van der Waals surface area (Å²) in [5, 5.41) is 0. The number of hydrogen-bond donors (Lipinski definition) is 1. The van der Waals surface area contributed by atoms with Gasteiger partial charge in [-0.1, -0.05) is 19.4 Å². The number of rotatable bonds is 7. The Kier molecular flexibility index (Phi) is 4.88. The maximum absolute atomic E-state index is 5.89. The molecule has 0 aromatic heterocycles. The van der Waals surface area contributed by atoms with Crippen molar-refractivity contribution in [3.8, 4) is 11.5 Å². The standard InChI is InChI=1S/C15H23NO2/c1-2-8-17-14-7-6-13(10-16)15(9-14)18-11-12-4-3-5-12/h6-7,9,12H,2-5,8,10-11,16H2,1H3. The van der Waals surface area contributed by atoms with Crippen molar-refractivity contribution in [2.75, 3.05) is 13.2 Å². The van der Waals surface area contributed by atoms with Gasteiger partial charge in [-0.15, -0.1) is 0 Å². The van der Waals surface area contributed by atoms with Gasteiger partial charge in [0.15, 0.2) is 0 Å². The molecule has 18 heavy (non-hydrogen) atoms. The van der Waals surface area contributed by atoms with Gasteiger partial charge in [0.1, 0.15) is 11.5 Å². The highest BCUT2D eigenvalue weighted by Gasteiger charge is 2.18. The van der Waals surface area contributed by atoms with Crippen LogP contribution in [-0.4, -0.2) is 13.2 Å². The quantitative estimate of drug-likeness (QED) is 0.807. The molecule has 0 unspecified atom stereocenters. The highest BCUT2D eigenvalue weighted by molar-refractivity contribution is 5.40. The van der Waals surface area contributed by atoms with Crippen LogP contribution in [0.3, 0.4) is 0 Å². The van der Waals surface area contributed by atoms with Gasteiger partial charge >= 0.3 is 0 Å². The van der Waals surface area contributed by atoms with Crippen LogP contribution in [0.1, 0.15) is 38.2 Å². The number of hydrogen-bond acceptors (Lipinski definition) is 3. The first kappa shape index (κ1) is 13.2. The number of nitrogens with two attached hydrogens (primary N) is 1. The van der Waals surface area contributed by atoms with Crippen LogP contribution in [0, 0.1) is 5.92 Å². The fourth-order valence-corrected chi connectivity index (χ4v) is 2.01. The molecule has 0 atom stereocenters. The third kappa shape index (κ3) is 3.39. The second kappa shape index (κ2) is 6.64. The molecule has 3 heteroatoms. The van der Waals surface area contributed by atoms with E-state index in [0.717, 1.165) is 42.6 Å². The molecule has 1 aromatic rings. The maximum Gasteiger partial charge on any atom is 0.127 e. The van der Waals surface area contributed by atoms with Crippen molar-refractivity contribution in [1.82, 2.24) is 0 Å². The molecule has 1 saturated carbocycles. The predicted octanol–water partition coefficient (Wildman–Crippen LogP) is 3.11. The van der Waals surface area contributed by atoms with Crippen molar-refractivity contribution in [2.45, 2.75) is 39.2 Å². The molecule has 0 amide bonds. The van der Waals surface area contributed by atoms with Crippen LogP contribution in [-0.2, 0) is 6.54 Å². The van der Waals surface area contributed by atoms with Gasteiger partial charge in [0.2, 0.25) is 0 Å². The van der Waals surface area contributed by atoms with E-state index in [1.54, 1.807) is 0 Å². The Labute approximate surface area is 109 Å². The molecule has 0 aliphatic heterocycles. The number of benzene rings is 1. The van der Waals surface area contributed by atoms with Crippen molar-refractivity contribution in [2.24, 2.45) is 11.7 Å². The lowest BCUT2D eigenvalue weighted by molar-refractivity contribution is 0.179. The molecule has 3 nitrogen and oxygen atoms in total.